The molecule has 0 aliphatic carbocycles. The zero-order chi connectivity index (χ0) is 13.9. The van der Waals surface area contributed by atoms with Gasteiger partial charge in [-0.15, -0.1) is 0 Å². The van der Waals surface area contributed by atoms with E-state index in [1.54, 1.807) is 14.2 Å². The minimum Gasteiger partial charge on any atom is -0.497 e. The third-order valence-electron chi connectivity index (χ3n) is 3.98. The number of benzene rings is 1. The molecule has 0 radical (unpaired) electrons. The topological polar surface area (TPSA) is 33.7 Å². The quantitative estimate of drug-likeness (QED) is 0.900. The van der Waals surface area contributed by atoms with Gasteiger partial charge in [0.05, 0.1) is 14.2 Å². The lowest BCUT2D eigenvalue weighted by atomic mass is 9.90. The van der Waals surface area contributed by atoms with Crippen LogP contribution in [0.1, 0.15) is 19.4 Å². The Labute approximate surface area is 115 Å². The number of hydrogen-bond donors (Lipinski definition) is 1. The average molecular weight is 264 g/mol. The Morgan fingerprint density at radius 3 is 2.37 bits per heavy atom. The van der Waals surface area contributed by atoms with Crippen molar-refractivity contribution in [3.63, 3.8) is 0 Å². The predicted molar refractivity (Wildman–Crippen MR) is 77.0 cm³/mol. The molecule has 1 heterocycles. The Morgan fingerprint density at radius 1 is 1.11 bits per heavy atom. The molecule has 4 heteroatoms. The normalized spacial score (nSPS) is 17.3. The van der Waals surface area contributed by atoms with Crippen LogP contribution in [0.3, 0.4) is 0 Å². The molecule has 0 bridgehead atoms. The van der Waals surface area contributed by atoms with Crippen molar-refractivity contribution in [2.24, 2.45) is 0 Å². The fraction of sp³-hybridized carbons (Fsp3) is 0.600. The highest BCUT2D eigenvalue weighted by molar-refractivity contribution is 5.44. The SMILES string of the molecule is COc1ccc(C(C)(C)N2CCNCC2)c(OC)c1. The lowest BCUT2D eigenvalue weighted by molar-refractivity contribution is 0.0999. The van der Waals surface area contributed by atoms with Crippen LogP contribution in [0.25, 0.3) is 0 Å². The van der Waals surface area contributed by atoms with Crippen molar-refractivity contribution in [2.45, 2.75) is 19.4 Å². The van der Waals surface area contributed by atoms with E-state index in [0.29, 0.717) is 0 Å². The molecule has 0 unspecified atom stereocenters. The molecule has 0 spiro atoms. The highest BCUT2D eigenvalue weighted by Crippen LogP contribution is 2.36. The van der Waals surface area contributed by atoms with Crippen LogP contribution in [0, 0.1) is 0 Å². The molecule has 106 valence electrons. The zero-order valence-electron chi connectivity index (χ0n) is 12.3. The van der Waals surface area contributed by atoms with Crippen molar-refractivity contribution in [1.29, 1.82) is 0 Å². The van der Waals surface area contributed by atoms with Gasteiger partial charge in [0.1, 0.15) is 11.5 Å². The van der Waals surface area contributed by atoms with Gasteiger partial charge in [-0.2, -0.15) is 0 Å². The van der Waals surface area contributed by atoms with Gasteiger partial charge in [-0.05, 0) is 26.0 Å². The lowest BCUT2D eigenvalue weighted by Crippen LogP contribution is -2.51. The summed E-state index contributed by atoms with van der Waals surface area (Å²) in [6, 6.07) is 6.07. The van der Waals surface area contributed by atoms with Crippen molar-refractivity contribution in [2.75, 3.05) is 40.4 Å². The van der Waals surface area contributed by atoms with E-state index in [1.165, 1.54) is 5.56 Å². The molecule has 0 atom stereocenters. The summed E-state index contributed by atoms with van der Waals surface area (Å²) in [4.78, 5) is 2.49. The van der Waals surface area contributed by atoms with Crippen LogP contribution in [0.15, 0.2) is 18.2 Å². The van der Waals surface area contributed by atoms with Crippen molar-refractivity contribution < 1.29 is 9.47 Å². The van der Waals surface area contributed by atoms with Crippen LogP contribution < -0.4 is 14.8 Å². The van der Waals surface area contributed by atoms with Gasteiger partial charge in [0, 0.05) is 43.3 Å². The van der Waals surface area contributed by atoms with E-state index in [4.69, 9.17) is 9.47 Å². The molecule has 4 nitrogen and oxygen atoms in total. The Kier molecular flexibility index (Phi) is 4.32. The standard InChI is InChI=1S/C15H24N2O2/c1-15(2,17-9-7-16-8-10-17)13-6-5-12(18-3)11-14(13)19-4/h5-6,11,16H,7-10H2,1-4H3. The summed E-state index contributed by atoms with van der Waals surface area (Å²) < 4.78 is 10.8. The Hall–Kier alpha value is -1.26. The van der Waals surface area contributed by atoms with Gasteiger partial charge in [0.25, 0.3) is 0 Å². The van der Waals surface area contributed by atoms with Gasteiger partial charge in [-0.1, -0.05) is 0 Å². The third-order valence-corrected chi connectivity index (χ3v) is 3.98. The predicted octanol–water partition coefficient (Wildman–Crippen LogP) is 1.84. The van der Waals surface area contributed by atoms with E-state index in [9.17, 15) is 0 Å². The summed E-state index contributed by atoms with van der Waals surface area (Å²) in [5.74, 6) is 1.72. The Bertz CT molecular complexity index is 426. The molecular weight excluding hydrogens is 240 g/mol. The first-order chi connectivity index (χ1) is 9.09. The molecule has 0 aromatic heterocycles. The first-order valence-corrected chi connectivity index (χ1v) is 6.78. The number of rotatable bonds is 4. The Morgan fingerprint density at radius 2 is 1.79 bits per heavy atom. The zero-order valence-corrected chi connectivity index (χ0v) is 12.3. The second kappa shape index (κ2) is 5.80. The molecule has 0 amide bonds. The minimum atomic E-state index is -0.0419. The molecule has 1 saturated heterocycles. The summed E-state index contributed by atoms with van der Waals surface area (Å²) in [5, 5.41) is 3.39. The van der Waals surface area contributed by atoms with Gasteiger partial charge < -0.3 is 14.8 Å². The van der Waals surface area contributed by atoms with Gasteiger partial charge in [0.15, 0.2) is 0 Å². The first kappa shape index (κ1) is 14.2. The number of hydrogen-bond acceptors (Lipinski definition) is 4. The Balaban J connectivity index is 2.32. The van der Waals surface area contributed by atoms with Crippen LogP contribution in [0.5, 0.6) is 11.5 Å². The molecule has 1 aliphatic rings. The summed E-state index contributed by atoms with van der Waals surface area (Å²) in [6.45, 7) is 8.71. The third kappa shape index (κ3) is 2.85. The van der Waals surface area contributed by atoms with E-state index in [-0.39, 0.29) is 5.54 Å². The van der Waals surface area contributed by atoms with E-state index in [1.807, 2.05) is 12.1 Å². The molecule has 1 fully saturated rings. The van der Waals surface area contributed by atoms with Gasteiger partial charge in [0.2, 0.25) is 0 Å². The van der Waals surface area contributed by atoms with Gasteiger partial charge in [-0.25, -0.2) is 0 Å². The average Bonchev–Trinajstić information content (AvgIpc) is 2.47. The molecular formula is C15H24N2O2. The molecule has 19 heavy (non-hydrogen) atoms. The van der Waals surface area contributed by atoms with Crippen molar-refractivity contribution in [3.05, 3.63) is 23.8 Å². The smallest absolute Gasteiger partial charge is 0.127 e. The number of piperazine rings is 1. The van der Waals surface area contributed by atoms with Crippen molar-refractivity contribution >= 4 is 0 Å². The number of nitrogens with zero attached hydrogens (tertiary/aromatic N) is 1. The summed E-state index contributed by atoms with van der Waals surface area (Å²) in [5.41, 5.74) is 1.16. The maximum atomic E-state index is 5.54. The highest BCUT2D eigenvalue weighted by atomic mass is 16.5. The number of ether oxygens (including phenoxy) is 2. The second-order valence-electron chi connectivity index (χ2n) is 5.36. The van der Waals surface area contributed by atoms with Crippen molar-refractivity contribution in [1.82, 2.24) is 10.2 Å². The highest BCUT2D eigenvalue weighted by Gasteiger charge is 2.32. The molecule has 1 aliphatic heterocycles. The largest absolute Gasteiger partial charge is 0.497 e. The van der Waals surface area contributed by atoms with Crippen LogP contribution in [-0.2, 0) is 5.54 Å². The summed E-state index contributed by atoms with van der Waals surface area (Å²) >= 11 is 0. The summed E-state index contributed by atoms with van der Waals surface area (Å²) in [6.07, 6.45) is 0. The second-order valence-corrected chi connectivity index (χ2v) is 5.36. The van der Waals surface area contributed by atoms with E-state index in [2.05, 4.69) is 30.1 Å². The molecule has 0 saturated carbocycles. The molecule has 1 aromatic carbocycles. The molecule has 1 N–H and O–H groups in total. The van der Waals surface area contributed by atoms with E-state index < -0.39 is 0 Å². The van der Waals surface area contributed by atoms with E-state index in [0.717, 1.165) is 37.7 Å². The van der Waals surface area contributed by atoms with Gasteiger partial charge in [-0.3, -0.25) is 4.90 Å². The lowest BCUT2D eigenvalue weighted by Gasteiger charge is -2.42. The van der Waals surface area contributed by atoms with Gasteiger partial charge >= 0.3 is 0 Å². The fourth-order valence-corrected chi connectivity index (χ4v) is 2.70. The van der Waals surface area contributed by atoms with Crippen LogP contribution in [-0.4, -0.2) is 45.3 Å². The molecule has 1 aromatic rings. The van der Waals surface area contributed by atoms with E-state index >= 15 is 0 Å². The summed E-state index contributed by atoms with van der Waals surface area (Å²) in [7, 11) is 3.39. The van der Waals surface area contributed by atoms with Crippen LogP contribution in [0.4, 0.5) is 0 Å². The first-order valence-electron chi connectivity index (χ1n) is 6.78. The number of nitrogens with one attached hydrogen (secondary N) is 1. The monoisotopic (exact) mass is 264 g/mol. The maximum Gasteiger partial charge on any atom is 0.127 e. The maximum absolute atomic E-state index is 5.54. The fourth-order valence-electron chi connectivity index (χ4n) is 2.70. The minimum absolute atomic E-state index is 0.0419. The number of methoxy groups -OCH3 is 2. The van der Waals surface area contributed by atoms with Crippen LogP contribution >= 0.6 is 0 Å². The molecule has 2 rings (SSSR count). The van der Waals surface area contributed by atoms with Crippen LogP contribution in [0.2, 0.25) is 0 Å². The van der Waals surface area contributed by atoms with Crippen molar-refractivity contribution in [3.8, 4) is 11.5 Å².